The quantitative estimate of drug-likeness (QED) is 0.648. The molecule has 0 bridgehead atoms. The molecule has 1 aliphatic rings. The van der Waals surface area contributed by atoms with E-state index in [0.717, 1.165) is 0 Å². The number of benzene rings is 1. The Balaban J connectivity index is 0.00000261. The molecule has 1 aromatic heterocycles. The van der Waals surface area contributed by atoms with E-state index >= 15 is 0 Å². The summed E-state index contributed by atoms with van der Waals surface area (Å²) in [5.74, 6) is 0.969. The number of nitrogens with zero attached hydrogens (tertiary/aromatic N) is 2. The summed E-state index contributed by atoms with van der Waals surface area (Å²) >= 11 is 0. The van der Waals surface area contributed by atoms with Crippen molar-refractivity contribution in [3.8, 4) is 17.2 Å². The fourth-order valence-corrected chi connectivity index (χ4v) is 3.62. The number of aromatic nitrogens is 1. The molecule has 1 N–H and O–H groups in total. The summed E-state index contributed by atoms with van der Waals surface area (Å²) in [4.78, 5) is 4.19. The Hall–Kier alpha value is -0.984. The predicted molar refractivity (Wildman–Crippen MR) is 92.7 cm³/mol. The molecule has 27 heavy (non-hydrogen) atoms. The monoisotopic (exact) mass is 423 g/mol. The number of halogens is 2. The van der Waals surface area contributed by atoms with Gasteiger partial charge in [0.15, 0.2) is 11.5 Å². The second-order valence-electron chi connectivity index (χ2n) is 5.20. The molecule has 0 saturated heterocycles. The normalized spacial score (nSPS) is 15.8. The Labute approximate surface area is 200 Å². The van der Waals surface area contributed by atoms with Crippen molar-refractivity contribution >= 4 is 22.2 Å². The molecule has 0 aliphatic carbocycles. The van der Waals surface area contributed by atoms with Crippen LogP contribution in [0.15, 0.2) is 30.5 Å². The van der Waals surface area contributed by atoms with Crippen LogP contribution in [0.4, 0.5) is 20.2 Å². The van der Waals surface area contributed by atoms with Crippen LogP contribution in [0, 0.1) is 0 Å². The molecule has 0 saturated carbocycles. The summed E-state index contributed by atoms with van der Waals surface area (Å²) in [6, 6.07) is 5.96. The molecule has 0 spiro atoms. The van der Waals surface area contributed by atoms with E-state index in [1.54, 1.807) is 12.1 Å². The summed E-state index contributed by atoms with van der Waals surface area (Å²) in [5.41, 5.74) is 0.743. The molecule has 140 valence electrons. The first-order valence-electron chi connectivity index (χ1n) is 7.51. The molecule has 1 aliphatic heterocycles. The number of anilines is 1. The Morgan fingerprint density at radius 1 is 1.30 bits per heavy atom. The van der Waals surface area contributed by atoms with Crippen LogP contribution in [0.1, 0.15) is 5.69 Å². The maximum Gasteiger partial charge on any atom is 1.00 e. The summed E-state index contributed by atoms with van der Waals surface area (Å²) in [5, 5.41) is 7.27. The van der Waals surface area contributed by atoms with Gasteiger partial charge >= 0.3 is 58.0 Å². The van der Waals surface area contributed by atoms with Crippen molar-refractivity contribution in [1.29, 1.82) is 0 Å². The Morgan fingerprint density at radius 2 is 2.07 bits per heavy atom. The largest absolute Gasteiger partial charge is 1.00 e. The predicted octanol–water partition coefficient (Wildman–Crippen LogP) is 0.367. The fourth-order valence-electron chi connectivity index (χ4n) is 2.50. The fraction of sp³-hybridized carbons (Fsp3) is 0.312. The summed E-state index contributed by atoms with van der Waals surface area (Å²) < 4.78 is 52.1. The minimum absolute atomic E-state index is 0. The Kier molecular flexibility index (Phi) is 8.25. The number of hydrogen-bond donors (Lipinski definition) is 1. The van der Waals surface area contributed by atoms with Crippen molar-refractivity contribution < 1.29 is 78.6 Å². The molecule has 2 aromatic rings. The Morgan fingerprint density at radius 3 is 2.74 bits per heavy atom. The summed E-state index contributed by atoms with van der Waals surface area (Å²) in [7, 11) is 1.50. The first kappa shape index (κ1) is 22.3. The van der Waals surface area contributed by atoms with Crippen molar-refractivity contribution in [2.75, 3.05) is 19.5 Å². The van der Waals surface area contributed by atoms with E-state index < -0.39 is 22.9 Å². The smallest absolute Gasteiger partial charge is 0.653 e. The van der Waals surface area contributed by atoms with Crippen LogP contribution in [-0.4, -0.2) is 35.5 Å². The van der Waals surface area contributed by atoms with Gasteiger partial charge in [0.2, 0.25) is 0 Å². The number of ether oxygens (including phenoxy) is 3. The second kappa shape index (κ2) is 9.98. The van der Waals surface area contributed by atoms with E-state index in [0.29, 0.717) is 28.6 Å². The van der Waals surface area contributed by atoms with Gasteiger partial charge in [-0.05, 0) is 18.2 Å². The SMILES string of the molecule is COc1ccnc(CS(=O)C2[N-]c3cc(OC(F)F)ccc3N2)c1OC.[K+]. The maximum absolute atomic E-state index is 12.7. The Bertz CT molecular complexity index is 828. The average Bonchev–Trinajstić information content (AvgIpc) is 3.04. The van der Waals surface area contributed by atoms with Crippen LogP contribution in [0.25, 0.3) is 5.32 Å². The first-order chi connectivity index (χ1) is 12.5. The molecule has 0 fully saturated rings. The van der Waals surface area contributed by atoms with Crippen LogP contribution in [0.5, 0.6) is 17.2 Å². The molecule has 2 unspecified atom stereocenters. The molecule has 2 atom stereocenters. The molecule has 1 aromatic carbocycles. The molecular formula is C16H16F2KN3O4S. The van der Waals surface area contributed by atoms with E-state index in [4.69, 9.17) is 9.47 Å². The topological polar surface area (TPSA) is 83.8 Å². The van der Waals surface area contributed by atoms with Crippen molar-refractivity contribution in [3.63, 3.8) is 0 Å². The third-order valence-corrected chi connectivity index (χ3v) is 4.90. The molecule has 0 radical (unpaired) electrons. The van der Waals surface area contributed by atoms with Crippen LogP contribution in [0.3, 0.4) is 0 Å². The van der Waals surface area contributed by atoms with Gasteiger partial charge in [-0.2, -0.15) is 8.78 Å². The molecule has 0 amide bonds. The van der Waals surface area contributed by atoms with Gasteiger partial charge in [0.25, 0.3) is 0 Å². The van der Waals surface area contributed by atoms with Gasteiger partial charge in [-0.1, -0.05) is 0 Å². The number of alkyl halides is 2. The van der Waals surface area contributed by atoms with Gasteiger partial charge < -0.3 is 24.8 Å². The molecule has 11 heteroatoms. The molecule has 3 rings (SSSR count). The third kappa shape index (κ3) is 5.30. The zero-order chi connectivity index (χ0) is 18.7. The van der Waals surface area contributed by atoms with Gasteiger partial charge in [-0.15, -0.1) is 5.69 Å². The second-order valence-corrected chi connectivity index (χ2v) is 6.70. The van der Waals surface area contributed by atoms with Crippen LogP contribution < -0.4 is 70.9 Å². The number of fused-ring (bicyclic) bond motifs is 1. The van der Waals surface area contributed by atoms with Crippen LogP contribution in [-0.2, 0) is 16.6 Å². The van der Waals surface area contributed by atoms with E-state index in [-0.39, 0.29) is 62.9 Å². The number of pyridine rings is 1. The van der Waals surface area contributed by atoms with Gasteiger partial charge in [0.05, 0.1) is 25.7 Å². The van der Waals surface area contributed by atoms with Gasteiger partial charge in [-0.3, -0.25) is 9.19 Å². The van der Waals surface area contributed by atoms with Gasteiger partial charge in [0, 0.05) is 34.2 Å². The van der Waals surface area contributed by atoms with E-state index in [2.05, 4.69) is 20.4 Å². The average molecular weight is 423 g/mol. The van der Waals surface area contributed by atoms with Crippen molar-refractivity contribution in [3.05, 3.63) is 41.5 Å². The van der Waals surface area contributed by atoms with Crippen LogP contribution in [0.2, 0.25) is 0 Å². The van der Waals surface area contributed by atoms with Crippen LogP contribution >= 0.6 is 0 Å². The van der Waals surface area contributed by atoms with E-state index in [1.807, 2.05) is 0 Å². The minimum Gasteiger partial charge on any atom is -0.653 e. The van der Waals surface area contributed by atoms with Crippen molar-refractivity contribution in [2.24, 2.45) is 0 Å². The zero-order valence-electron chi connectivity index (χ0n) is 14.9. The molecule has 7 nitrogen and oxygen atoms in total. The number of nitrogens with one attached hydrogen (secondary N) is 1. The maximum atomic E-state index is 12.7. The third-order valence-electron chi connectivity index (χ3n) is 3.62. The van der Waals surface area contributed by atoms with Gasteiger partial charge in [0.1, 0.15) is 5.75 Å². The number of methoxy groups -OCH3 is 2. The van der Waals surface area contributed by atoms with Gasteiger partial charge in [-0.25, -0.2) is 0 Å². The van der Waals surface area contributed by atoms with E-state index in [1.165, 1.54) is 32.5 Å². The standard InChI is InChI=1S/C16H16F2N3O4S.K/c1-23-13-5-6-19-12(14(13)24-2)8-26(22)16-20-10-4-3-9(25-15(17)18)7-11(10)21-16;/h3-7,15-16,20H,8H2,1-2H3;/q-1;+1. The van der Waals surface area contributed by atoms with Crippen molar-refractivity contribution in [2.45, 2.75) is 17.9 Å². The zero-order valence-corrected chi connectivity index (χ0v) is 18.9. The number of hydrogen-bond acceptors (Lipinski definition) is 6. The van der Waals surface area contributed by atoms with Crippen molar-refractivity contribution in [1.82, 2.24) is 4.98 Å². The summed E-state index contributed by atoms with van der Waals surface area (Å²) in [6.07, 6.45) is 1.54. The molecule has 2 heterocycles. The minimum atomic E-state index is -2.92. The summed E-state index contributed by atoms with van der Waals surface area (Å²) in [6.45, 7) is -2.92. The molecular weight excluding hydrogens is 407 g/mol. The van der Waals surface area contributed by atoms with E-state index in [9.17, 15) is 13.0 Å². The number of rotatable bonds is 7. The first-order valence-corrected chi connectivity index (χ1v) is 8.89.